The molecule has 1 aromatic heterocycles. The minimum Gasteiger partial charge on any atom is -0.489 e. The maximum absolute atomic E-state index is 11.9. The van der Waals surface area contributed by atoms with Crippen LogP contribution in [-0.4, -0.2) is 23.6 Å². The van der Waals surface area contributed by atoms with Crippen LogP contribution < -0.4 is 10.1 Å². The van der Waals surface area contributed by atoms with Crippen molar-refractivity contribution in [2.24, 2.45) is 0 Å². The van der Waals surface area contributed by atoms with Gasteiger partial charge >= 0.3 is 0 Å². The zero-order chi connectivity index (χ0) is 18.0. The molecule has 26 heavy (non-hydrogen) atoms. The van der Waals surface area contributed by atoms with Crippen LogP contribution in [0.15, 0.2) is 48.8 Å². The van der Waals surface area contributed by atoms with Crippen LogP contribution in [0.4, 0.5) is 0 Å². The Morgan fingerprint density at radius 2 is 1.88 bits per heavy atom. The summed E-state index contributed by atoms with van der Waals surface area (Å²) in [5.41, 5.74) is 2.06. The topological polar surface area (TPSA) is 60.5 Å². The molecule has 2 aromatic rings. The maximum atomic E-state index is 11.9. The van der Waals surface area contributed by atoms with E-state index in [2.05, 4.69) is 10.3 Å². The van der Waals surface area contributed by atoms with E-state index in [4.69, 9.17) is 9.47 Å². The summed E-state index contributed by atoms with van der Waals surface area (Å²) in [5.74, 6) is 0.733. The summed E-state index contributed by atoms with van der Waals surface area (Å²) in [6.45, 7) is 1.13. The lowest BCUT2D eigenvalue weighted by Gasteiger charge is -2.21. The molecule has 0 bridgehead atoms. The molecule has 138 valence electrons. The van der Waals surface area contributed by atoms with Gasteiger partial charge < -0.3 is 14.8 Å². The number of hydrogen-bond donors (Lipinski definition) is 1. The number of carbonyl (C=O) groups is 1. The Hall–Kier alpha value is -2.40. The van der Waals surface area contributed by atoms with E-state index < -0.39 is 0 Å². The average molecular weight is 354 g/mol. The van der Waals surface area contributed by atoms with Gasteiger partial charge in [0, 0.05) is 24.5 Å². The monoisotopic (exact) mass is 354 g/mol. The van der Waals surface area contributed by atoms with Gasteiger partial charge in [-0.05, 0) is 36.6 Å². The van der Waals surface area contributed by atoms with Crippen LogP contribution in [0.3, 0.4) is 0 Å². The van der Waals surface area contributed by atoms with E-state index in [9.17, 15) is 4.79 Å². The minimum absolute atomic E-state index is 0.0625. The highest BCUT2D eigenvalue weighted by atomic mass is 16.5. The van der Waals surface area contributed by atoms with Gasteiger partial charge in [-0.1, -0.05) is 37.5 Å². The van der Waals surface area contributed by atoms with Gasteiger partial charge in [0.1, 0.15) is 19.0 Å². The molecule has 1 saturated carbocycles. The molecule has 1 amide bonds. The summed E-state index contributed by atoms with van der Waals surface area (Å²) in [6, 6.07) is 11.6. The van der Waals surface area contributed by atoms with Crippen LogP contribution in [-0.2, 0) is 22.7 Å². The highest BCUT2D eigenvalue weighted by Gasteiger charge is 2.15. The first-order chi connectivity index (χ1) is 12.8. The van der Waals surface area contributed by atoms with E-state index in [-0.39, 0.29) is 18.6 Å². The first-order valence-corrected chi connectivity index (χ1v) is 9.28. The Morgan fingerprint density at radius 3 is 2.62 bits per heavy atom. The number of nitrogens with one attached hydrogen (secondary N) is 1. The van der Waals surface area contributed by atoms with Gasteiger partial charge in [-0.15, -0.1) is 0 Å². The fourth-order valence-corrected chi connectivity index (χ4v) is 3.03. The molecule has 1 aromatic carbocycles. The first kappa shape index (κ1) is 18.4. The lowest BCUT2D eigenvalue weighted by atomic mass is 9.98. The lowest BCUT2D eigenvalue weighted by Crippen LogP contribution is -2.30. The fourth-order valence-electron chi connectivity index (χ4n) is 3.03. The van der Waals surface area contributed by atoms with E-state index in [0.717, 1.165) is 29.7 Å². The Morgan fingerprint density at radius 1 is 1.08 bits per heavy atom. The number of nitrogens with zero attached hydrogens (tertiary/aromatic N) is 1. The molecule has 0 atom stereocenters. The minimum atomic E-state index is -0.0625. The van der Waals surface area contributed by atoms with E-state index in [1.807, 2.05) is 36.4 Å². The Balaban J connectivity index is 1.36. The zero-order valence-corrected chi connectivity index (χ0v) is 15.0. The normalized spacial score (nSPS) is 14.8. The van der Waals surface area contributed by atoms with Gasteiger partial charge in [-0.2, -0.15) is 0 Å². The van der Waals surface area contributed by atoms with Crippen molar-refractivity contribution in [3.63, 3.8) is 0 Å². The number of pyridine rings is 1. The molecule has 1 aliphatic carbocycles. The van der Waals surface area contributed by atoms with Crippen LogP contribution in [0.2, 0.25) is 0 Å². The second-order valence-corrected chi connectivity index (χ2v) is 6.64. The largest absolute Gasteiger partial charge is 0.489 e. The number of hydrogen-bond acceptors (Lipinski definition) is 4. The predicted molar refractivity (Wildman–Crippen MR) is 99.7 cm³/mol. The Bertz CT molecular complexity index is 667. The van der Waals surface area contributed by atoms with Crippen molar-refractivity contribution in [1.29, 1.82) is 0 Å². The van der Waals surface area contributed by atoms with Crippen LogP contribution in [0, 0.1) is 0 Å². The molecule has 0 spiro atoms. The molecule has 5 heteroatoms. The van der Waals surface area contributed by atoms with E-state index in [1.54, 1.807) is 12.4 Å². The maximum Gasteiger partial charge on any atom is 0.246 e. The summed E-state index contributed by atoms with van der Waals surface area (Å²) in [4.78, 5) is 16.0. The molecular formula is C21H26N2O3. The lowest BCUT2D eigenvalue weighted by molar-refractivity contribution is -0.128. The van der Waals surface area contributed by atoms with Gasteiger partial charge in [0.25, 0.3) is 0 Å². The summed E-state index contributed by atoms with van der Waals surface area (Å²) in [5, 5.41) is 2.90. The standard InChI is InChI=1S/C21H26N2O3/c24-21(16-26-19-6-2-1-3-7-19)23-14-17-8-10-20(11-9-17)25-15-18-5-4-12-22-13-18/h4-5,8-13,19H,1-3,6-7,14-16H2,(H,23,24). The van der Waals surface area contributed by atoms with Crippen molar-refractivity contribution >= 4 is 5.91 Å². The van der Waals surface area contributed by atoms with Gasteiger partial charge in [0.15, 0.2) is 0 Å². The van der Waals surface area contributed by atoms with E-state index in [1.165, 1.54) is 19.3 Å². The van der Waals surface area contributed by atoms with Crippen LogP contribution >= 0.6 is 0 Å². The van der Waals surface area contributed by atoms with Crippen molar-refractivity contribution in [3.05, 3.63) is 59.9 Å². The smallest absolute Gasteiger partial charge is 0.246 e. The number of amides is 1. The second-order valence-electron chi connectivity index (χ2n) is 6.64. The molecule has 1 heterocycles. The average Bonchev–Trinajstić information content (AvgIpc) is 2.71. The van der Waals surface area contributed by atoms with Gasteiger partial charge in [-0.3, -0.25) is 9.78 Å². The van der Waals surface area contributed by atoms with Crippen molar-refractivity contribution in [2.75, 3.05) is 6.61 Å². The zero-order valence-electron chi connectivity index (χ0n) is 15.0. The molecule has 5 nitrogen and oxygen atoms in total. The predicted octanol–water partition coefficient (Wildman–Crippen LogP) is 3.63. The van der Waals surface area contributed by atoms with Crippen molar-refractivity contribution in [1.82, 2.24) is 10.3 Å². The highest BCUT2D eigenvalue weighted by Crippen LogP contribution is 2.20. The molecule has 0 radical (unpaired) electrons. The summed E-state index contributed by atoms with van der Waals surface area (Å²) in [6.07, 6.45) is 9.65. The Kier molecular flexibility index (Phi) is 7.02. The van der Waals surface area contributed by atoms with Crippen LogP contribution in [0.5, 0.6) is 5.75 Å². The number of ether oxygens (including phenoxy) is 2. The third-order valence-corrected chi connectivity index (χ3v) is 4.54. The molecular weight excluding hydrogens is 328 g/mol. The van der Waals surface area contributed by atoms with Crippen molar-refractivity contribution in [2.45, 2.75) is 51.4 Å². The first-order valence-electron chi connectivity index (χ1n) is 9.28. The molecule has 3 rings (SSSR count). The summed E-state index contributed by atoms with van der Waals surface area (Å²) in [7, 11) is 0. The fraction of sp³-hybridized carbons (Fsp3) is 0.429. The molecule has 0 aliphatic heterocycles. The van der Waals surface area contributed by atoms with E-state index >= 15 is 0 Å². The van der Waals surface area contributed by atoms with Crippen LogP contribution in [0.25, 0.3) is 0 Å². The SMILES string of the molecule is O=C(COC1CCCCC1)NCc1ccc(OCc2cccnc2)cc1. The van der Waals surface area contributed by atoms with Gasteiger partial charge in [-0.25, -0.2) is 0 Å². The second kappa shape index (κ2) is 9.92. The van der Waals surface area contributed by atoms with Crippen LogP contribution in [0.1, 0.15) is 43.2 Å². The van der Waals surface area contributed by atoms with Crippen molar-refractivity contribution in [3.8, 4) is 5.75 Å². The third kappa shape index (κ3) is 6.15. The van der Waals surface area contributed by atoms with Gasteiger partial charge in [0.2, 0.25) is 5.91 Å². The third-order valence-electron chi connectivity index (χ3n) is 4.54. The molecule has 0 saturated heterocycles. The molecule has 1 N–H and O–H groups in total. The number of carbonyl (C=O) groups excluding carboxylic acids is 1. The molecule has 1 aliphatic rings. The van der Waals surface area contributed by atoms with Crippen molar-refractivity contribution < 1.29 is 14.3 Å². The summed E-state index contributed by atoms with van der Waals surface area (Å²) >= 11 is 0. The number of rotatable bonds is 8. The van der Waals surface area contributed by atoms with Gasteiger partial charge in [0.05, 0.1) is 6.10 Å². The summed E-state index contributed by atoms with van der Waals surface area (Å²) < 4.78 is 11.4. The number of aromatic nitrogens is 1. The molecule has 0 unspecified atom stereocenters. The quantitative estimate of drug-likeness (QED) is 0.786. The number of benzene rings is 1. The Labute approximate surface area is 154 Å². The highest BCUT2D eigenvalue weighted by molar-refractivity contribution is 5.77. The van der Waals surface area contributed by atoms with E-state index in [0.29, 0.717) is 13.2 Å². The molecule has 1 fully saturated rings.